The molecule has 0 amide bonds. The maximum absolute atomic E-state index is 13.1. The number of ketones is 2. The number of carbonyl (C=O) groups excluding carboxylic acids is 2. The zero-order valence-electron chi connectivity index (χ0n) is 15.2. The van der Waals surface area contributed by atoms with Gasteiger partial charge < -0.3 is 25.0 Å². The van der Waals surface area contributed by atoms with Crippen molar-refractivity contribution in [1.29, 1.82) is 0 Å². The number of nitrogens with one attached hydrogen (secondary N) is 1. The standard InChI is InChI=1S/C21H18N2O6/c24-8-14-21(28)20(27)13(29-14)7-15-22-12-6-5-11-16(17(12)23-15)19(26)10-4-2-1-3-9(10)18(11)25/h1-6,13-14,20-21,24,27-28H,7-8H2,(H,22,23)/t13-,14+,20-,21+/m0/s1. The first-order chi connectivity index (χ1) is 14.0. The predicted molar refractivity (Wildman–Crippen MR) is 101 cm³/mol. The number of carbonyl (C=O) groups is 2. The van der Waals surface area contributed by atoms with Crippen LogP contribution >= 0.6 is 0 Å². The van der Waals surface area contributed by atoms with Gasteiger partial charge in [0.2, 0.25) is 0 Å². The lowest BCUT2D eigenvalue weighted by molar-refractivity contribution is -0.0219. The highest BCUT2D eigenvalue weighted by molar-refractivity contribution is 6.31. The normalized spacial score (nSPS) is 26.0. The summed E-state index contributed by atoms with van der Waals surface area (Å²) in [6, 6.07) is 10.0. The molecule has 2 aliphatic rings. The number of fused-ring (bicyclic) bond motifs is 4. The number of benzene rings is 2. The number of aliphatic hydroxyl groups excluding tert-OH is 3. The third-order valence-electron chi connectivity index (χ3n) is 5.63. The smallest absolute Gasteiger partial charge is 0.196 e. The van der Waals surface area contributed by atoms with Gasteiger partial charge in [-0.15, -0.1) is 0 Å². The maximum atomic E-state index is 13.1. The van der Waals surface area contributed by atoms with Gasteiger partial charge in [-0.05, 0) is 12.1 Å². The molecule has 4 atom stereocenters. The van der Waals surface area contributed by atoms with Crippen LogP contribution in [0.2, 0.25) is 0 Å². The minimum Gasteiger partial charge on any atom is -0.394 e. The summed E-state index contributed by atoms with van der Waals surface area (Å²) >= 11 is 0. The number of H-pyrrole nitrogens is 1. The Bertz CT molecular complexity index is 1150. The zero-order valence-corrected chi connectivity index (χ0v) is 15.2. The molecule has 8 nitrogen and oxygen atoms in total. The lowest BCUT2D eigenvalue weighted by atomic mass is 9.83. The highest BCUT2D eigenvalue weighted by atomic mass is 16.6. The van der Waals surface area contributed by atoms with Gasteiger partial charge in [0.25, 0.3) is 0 Å². The summed E-state index contributed by atoms with van der Waals surface area (Å²) in [6.07, 6.45) is -3.81. The molecule has 1 fully saturated rings. The first-order valence-corrected chi connectivity index (χ1v) is 9.32. The Morgan fingerprint density at radius 2 is 1.62 bits per heavy atom. The van der Waals surface area contributed by atoms with Crippen LogP contribution in [0.3, 0.4) is 0 Å². The molecule has 5 rings (SSSR count). The summed E-state index contributed by atoms with van der Waals surface area (Å²) in [5, 5.41) is 29.3. The van der Waals surface area contributed by atoms with E-state index in [1.807, 2.05) is 0 Å². The van der Waals surface area contributed by atoms with E-state index in [1.165, 1.54) is 0 Å². The molecule has 0 bridgehead atoms. The number of ether oxygens (including phenoxy) is 1. The Labute approximate surface area is 164 Å². The Morgan fingerprint density at radius 3 is 2.31 bits per heavy atom. The number of hydrogen-bond donors (Lipinski definition) is 4. The molecule has 2 heterocycles. The highest BCUT2D eigenvalue weighted by Crippen LogP contribution is 2.32. The molecule has 0 spiro atoms. The monoisotopic (exact) mass is 394 g/mol. The Hall–Kier alpha value is -2.91. The van der Waals surface area contributed by atoms with Gasteiger partial charge in [0, 0.05) is 23.1 Å². The Balaban J connectivity index is 1.54. The molecule has 0 saturated carbocycles. The SMILES string of the molecule is O=C1c2ccccc2C(=O)c2c1ccc1[nH]c(C[C@@H]3O[C@H](CO)[C@@H](O)[C@H]3O)nc21. The van der Waals surface area contributed by atoms with Crippen molar-refractivity contribution in [3.8, 4) is 0 Å². The summed E-state index contributed by atoms with van der Waals surface area (Å²) in [5.74, 6) is -0.0285. The fourth-order valence-electron chi connectivity index (χ4n) is 4.14. The lowest BCUT2D eigenvalue weighted by Gasteiger charge is -2.17. The molecule has 1 aliphatic heterocycles. The molecule has 148 valence electrons. The van der Waals surface area contributed by atoms with Gasteiger partial charge in [-0.1, -0.05) is 24.3 Å². The second kappa shape index (κ2) is 6.57. The minimum absolute atomic E-state index is 0.150. The average molecular weight is 394 g/mol. The number of rotatable bonds is 3. The number of aromatic nitrogens is 2. The molecule has 1 aliphatic carbocycles. The second-order valence-corrected chi connectivity index (χ2v) is 7.35. The van der Waals surface area contributed by atoms with Crippen LogP contribution in [0.15, 0.2) is 36.4 Å². The van der Waals surface area contributed by atoms with E-state index < -0.39 is 31.0 Å². The molecular weight excluding hydrogens is 376 g/mol. The van der Waals surface area contributed by atoms with Crippen molar-refractivity contribution < 1.29 is 29.6 Å². The predicted octanol–water partition coefficient (Wildman–Crippen LogP) is 0.362. The molecule has 1 aromatic heterocycles. The summed E-state index contributed by atoms with van der Waals surface area (Å²) in [5.41, 5.74) is 2.28. The number of hydrogen-bond acceptors (Lipinski definition) is 7. The van der Waals surface area contributed by atoms with Crippen molar-refractivity contribution in [1.82, 2.24) is 9.97 Å². The van der Waals surface area contributed by atoms with E-state index >= 15 is 0 Å². The molecule has 8 heteroatoms. The quantitative estimate of drug-likeness (QED) is 0.394. The Morgan fingerprint density at radius 1 is 0.931 bits per heavy atom. The molecule has 0 radical (unpaired) electrons. The number of aromatic amines is 1. The summed E-state index contributed by atoms with van der Waals surface area (Å²) in [6.45, 7) is -0.404. The second-order valence-electron chi connectivity index (χ2n) is 7.35. The van der Waals surface area contributed by atoms with E-state index in [0.717, 1.165) is 0 Å². The fourth-order valence-corrected chi connectivity index (χ4v) is 4.14. The third-order valence-corrected chi connectivity index (χ3v) is 5.63. The van der Waals surface area contributed by atoms with Crippen LogP contribution < -0.4 is 0 Å². The summed E-state index contributed by atoms with van der Waals surface area (Å²) in [4.78, 5) is 33.5. The third kappa shape index (κ3) is 2.65. The zero-order chi connectivity index (χ0) is 20.3. The fraction of sp³-hybridized carbons (Fsp3) is 0.286. The van der Waals surface area contributed by atoms with Gasteiger partial charge in [0.15, 0.2) is 11.6 Å². The van der Waals surface area contributed by atoms with Crippen LogP contribution in [0.1, 0.15) is 37.7 Å². The van der Waals surface area contributed by atoms with Crippen molar-refractivity contribution in [3.63, 3.8) is 0 Å². The van der Waals surface area contributed by atoms with Crippen LogP contribution in [0, 0.1) is 0 Å². The van der Waals surface area contributed by atoms with Crippen LogP contribution in [-0.4, -0.2) is 67.9 Å². The number of aliphatic hydroxyl groups is 3. The van der Waals surface area contributed by atoms with E-state index in [0.29, 0.717) is 33.5 Å². The van der Waals surface area contributed by atoms with E-state index in [-0.39, 0.29) is 23.6 Å². The van der Waals surface area contributed by atoms with Gasteiger partial charge in [-0.2, -0.15) is 0 Å². The minimum atomic E-state index is -1.18. The van der Waals surface area contributed by atoms with Crippen molar-refractivity contribution >= 4 is 22.6 Å². The van der Waals surface area contributed by atoms with Gasteiger partial charge in [0.05, 0.1) is 23.8 Å². The van der Waals surface area contributed by atoms with Crippen LogP contribution in [0.5, 0.6) is 0 Å². The largest absolute Gasteiger partial charge is 0.394 e. The summed E-state index contributed by atoms with van der Waals surface area (Å²) in [7, 11) is 0. The topological polar surface area (TPSA) is 133 Å². The van der Waals surface area contributed by atoms with Crippen molar-refractivity contribution in [2.75, 3.05) is 6.61 Å². The molecule has 29 heavy (non-hydrogen) atoms. The van der Waals surface area contributed by atoms with Crippen molar-refractivity contribution in [3.05, 3.63) is 64.5 Å². The van der Waals surface area contributed by atoms with E-state index in [1.54, 1.807) is 36.4 Å². The maximum Gasteiger partial charge on any atom is 0.196 e. The highest BCUT2D eigenvalue weighted by Gasteiger charge is 2.42. The molecular formula is C21H18N2O6. The molecule has 0 unspecified atom stereocenters. The van der Waals surface area contributed by atoms with E-state index in [9.17, 15) is 24.9 Å². The van der Waals surface area contributed by atoms with E-state index in [2.05, 4.69) is 9.97 Å². The number of imidazole rings is 1. The molecule has 4 N–H and O–H groups in total. The molecule has 3 aromatic rings. The first kappa shape index (κ1) is 18.1. The first-order valence-electron chi connectivity index (χ1n) is 9.32. The lowest BCUT2D eigenvalue weighted by Crippen LogP contribution is -2.34. The number of nitrogens with zero attached hydrogens (tertiary/aromatic N) is 1. The van der Waals surface area contributed by atoms with Gasteiger partial charge >= 0.3 is 0 Å². The molecule has 2 aromatic carbocycles. The van der Waals surface area contributed by atoms with Crippen LogP contribution in [0.25, 0.3) is 11.0 Å². The van der Waals surface area contributed by atoms with Crippen LogP contribution in [-0.2, 0) is 11.2 Å². The van der Waals surface area contributed by atoms with E-state index in [4.69, 9.17) is 4.74 Å². The summed E-state index contributed by atoms with van der Waals surface area (Å²) < 4.78 is 5.50. The van der Waals surface area contributed by atoms with Gasteiger partial charge in [-0.25, -0.2) is 4.98 Å². The van der Waals surface area contributed by atoms with Gasteiger partial charge in [0.1, 0.15) is 29.7 Å². The van der Waals surface area contributed by atoms with Crippen molar-refractivity contribution in [2.24, 2.45) is 0 Å². The molecule has 1 saturated heterocycles. The van der Waals surface area contributed by atoms with Gasteiger partial charge in [-0.3, -0.25) is 9.59 Å². The Kier molecular flexibility index (Phi) is 4.11. The van der Waals surface area contributed by atoms with Crippen LogP contribution in [0.4, 0.5) is 0 Å². The average Bonchev–Trinajstić information content (AvgIpc) is 3.27. The van der Waals surface area contributed by atoms with Crippen molar-refractivity contribution in [2.45, 2.75) is 30.8 Å².